The number of benzene rings is 2. The zero-order chi connectivity index (χ0) is 21.6. The third-order valence-electron chi connectivity index (χ3n) is 7.32. The third kappa shape index (κ3) is 3.54. The largest absolute Gasteiger partial charge is 0.454 e. The summed E-state index contributed by atoms with van der Waals surface area (Å²) in [5.74, 6) is 0.569. The number of hydrogen-bond acceptors (Lipinski definition) is 4. The molecule has 162 valence electrons. The monoisotopic (exact) mass is 438 g/mol. The first-order chi connectivity index (χ1) is 14.9. The van der Waals surface area contributed by atoms with E-state index in [1.807, 2.05) is 43.3 Å². The molecule has 0 spiro atoms. The molecule has 1 aromatic heterocycles. The summed E-state index contributed by atoms with van der Waals surface area (Å²) in [6, 6.07) is 15.8. The fourth-order valence-corrected chi connectivity index (χ4v) is 5.69. The summed E-state index contributed by atoms with van der Waals surface area (Å²) in [6.45, 7) is 2.68. The second-order valence-electron chi connectivity index (χ2n) is 9.34. The van der Waals surface area contributed by atoms with Crippen LogP contribution in [0.5, 0.6) is 0 Å². The lowest BCUT2D eigenvalue weighted by atomic mass is 9.82. The summed E-state index contributed by atoms with van der Waals surface area (Å²) in [5.41, 5.74) is 2.37. The van der Waals surface area contributed by atoms with Crippen molar-refractivity contribution in [2.24, 2.45) is 10.8 Å². The summed E-state index contributed by atoms with van der Waals surface area (Å²) in [6.07, 6.45) is 3.65. The van der Waals surface area contributed by atoms with Crippen molar-refractivity contribution in [1.82, 2.24) is 9.55 Å². The average molecular weight is 439 g/mol. The standard InChI is InChI=1S/C25H27ClN2O3/c1-17(31-23(30)25-11-9-24(15-25,16-29)10-12-25)22-27-20-13-19(26)7-8-21(20)28(22)14-18-5-3-2-4-6-18/h2-8,13,17,29H,9-12,14-16H2,1H3. The molecule has 1 atom stereocenters. The normalized spacial score (nSPS) is 25.8. The van der Waals surface area contributed by atoms with Crippen LogP contribution in [0, 0.1) is 10.8 Å². The van der Waals surface area contributed by atoms with Gasteiger partial charge in [-0.3, -0.25) is 4.79 Å². The number of aliphatic hydroxyl groups is 1. The van der Waals surface area contributed by atoms with Gasteiger partial charge in [0.2, 0.25) is 0 Å². The van der Waals surface area contributed by atoms with Crippen LogP contribution in [0.25, 0.3) is 11.0 Å². The fraction of sp³-hybridized carbons (Fsp3) is 0.440. The van der Waals surface area contributed by atoms with E-state index in [0.717, 1.165) is 54.5 Å². The first kappa shape index (κ1) is 20.5. The molecule has 6 heteroatoms. The van der Waals surface area contributed by atoms with Gasteiger partial charge in [-0.1, -0.05) is 41.9 Å². The Hall–Kier alpha value is -2.37. The topological polar surface area (TPSA) is 64.3 Å². The molecule has 1 N–H and O–H groups in total. The number of imidazole rings is 1. The quantitative estimate of drug-likeness (QED) is 0.531. The first-order valence-corrected chi connectivity index (χ1v) is 11.3. The van der Waals surface area contributed by atoms with Gasteiger partial charge in [0.1, 0.15) is 0 Å². The Balaban J connectivity index is 1.45. The Morgan fingerprint density at radius 3 is 2.61 bits per heavy atom. The lowest BCUT2D eigenvalue weighted by molar-refractivity contribution is -0.161. The number of rotatable bonds is 6. The Morgan fingerprint density at radius 1 is 1.19 bits per heavy atom. The molecule has 1 heterocycles. The van der Waals surface area contributed by atoms with E-state index in [4.69, 9.17) is 21.3 Å². The molecule has 2 aromatic carbocycles. The van der Waals surface area contributed by atoms with Gasteiger partial charge in [0.15, 0.2) is 11.9 Å². The molecule has 2 fully saturated rings. The van der Waals surface area contributed by atoms with E-state index in [1.54, 1.807) is 0 Å². The number of esters is 1. The molecule has 5 rings (SSSR count). The molecule has 3 aromatic rings. The van der Waals surface area contributed by atoms with E-state index in [-0.39, 0.29) is 18.0 Å². The maximum Gasteiger partial charge on any atom is 0.312 e. The number of aromatic nitrogens is 2. The van der Waals surface area contributed by atoms with Crippen LogP contribution in [-0.2, 0) is 16.1 Å². The van der Waals surface area contributed by atoms with Crippen molar-refractivity contribution < 1.29 is 14.6 Å². The van der Waals surface area contributed by atoms with Crippen LogP contribution in [0.15, 0.2) is 48.5 Å². The molecule has 2 saturated carbocycles. The van der Waals surface area contributed by atoms with E-state index in [2.05, 4.69) is 16.7 Å². The van der Waals surface area contributed by atoms with E-state index in [0.29, 0.717) is 11.6 Å². The highest BCUT2D eigenvalue weighted by atomic mass is 35.5. The Kier molecular flexibility index (Phi) is 5.06. The van der Waals surface area contributed by atoms with Crippen molar-refractivity contribution >= 4 is 28.6 Å². The van der Waals surface area contributed by atoms with Gasteiger partial charge in [-0.2, -0.15) is 0 Å². The number of nitrogens with zero attached hydrogens (tertiary/aromatic N) is 2. The van der Waals surface area contributed by atoms with Crippen LogP contribution in [0.3, 0.4) is 0 Å². The van der Waals surface area contributed by atoms with Gasteiger partial charge in [-0.15, -0.1) is 0 Å². The fourth-order valence-electron chi connectivity index (χ4n) is 5.52. The summed E-state index contributed by atoms with van der Waals surface area (Å²) in [5, 5.41) is 10.4. The SMILES string of the molecule is CC(OC(=O)C12CCC(CO)(CC1)C2)c1nc2cc(Cl)ccc2n1Cc1ccccc1. The Bertz CT molecular complexity index is 1120. The van der Waals surface area contributed by atoms with Gasteiger partial charge in [-0.05, 0) is 68.2 Å². The predicted octanol–water partition coefficient (Wildman–Crippen LogP) is 5.29. The van der Waals surface area contributed by atoms with Crippen LogP contribution in [0.2, 0.25) is 5.02 Å². The molecule has 2 bridgehead atoms. The van der Waals surface area contributed by atoms with Crippen LogP contribution in [0.4, 0.5) is 0 Å². The van der Waals surface area contributed by atoms with Gasteiger partial charge in [0.05, 0.1) is 16.4 Å². The second-order valence-corrected chi connectivity index (χ2v) is 9.77. The lowest BCUT2D eigenvalue weighted by Gasteiger charge is -2.26. The molecule has 0 radical (unpaired) electrons. The van der Waals surface area contributed by atoms with E-state index in [1.165, 1.54) is 0 Å². The van der Waals surface area contributed by atoms with Gasteiger partial charge in [0.25, 0.3) is 0 Å². The highest BCUT2D eigenvalue weighted by molar-refractivity contribution is 6.31. The van der Waals surface area contributed by atoms with Crippen molar-refractivity contribution in [2.75, 3.05) is 6.61 Å². The number of halogens is 1. The van der Waals surface area contributed by atoms with E-state index in [9.17, 15) is 9.90 Å². The maximum atomic E-state index is 13.2. The van der Waals surface area contributed by atoms with Crippen molar-refractivity contribution in [3.05, 3.63) is 64.9 Å². The number of hydrogen-bond donors (Lipinski definition) is 1. The third-order valence-corrected chi connectivity index (χ3v) is 7.56. The molecule has 0 saturated heterocycles. The van der Waals surface area contributed by atoms with Gasteiger partial charge >= 0.3 is 5.97 Å². The van der Waals surface area contributed by atoms with Gasteiger partial charge in [-0.25, -0.2) is 4.98 Å². The van der Waals surface area contributed by atoms with Crippen molar-refractivity contribution in [3.8, 4) is 0 Å². The smallest absolute Gasteiger partial charge is 0.312 e. The zero-order valence-corrected chi connectivity index (χ0v) is 18.4. The molecule has 5 nitrogen and oxygen atoms in total. The number of carbonyl (C=O) groups is 1. The van der Waals surface area contributed by atoms with Crippen molar-refractivity contribution in [1.29, 1.82) is 0 Å². The summed E-state index contributed by atoms with van der Waals surface area (Å²) >= 11 is 6.20. The minimum absolute atomic E-state index is 0.0839. The molecule has 0 aliphatic heterocycles. The van der Waals surface area contributed by atoms with Crippen LogP contribution in [-0.4, -0.2) is 27.2 Å². The molecular formula is C25H27ClN2O3. The summed E-state index contributed by atoms with van der Waals surface area (Å²) in [4.78, 5) is 18.0. The Labute approximate surface area is 187 Å². The van der Waals surface area contributed by atoms with E-state index < -0.39 is 11.5 Å². The second kappa shape index (κ2) is 7.64. The minimum atomic E-state index is -0.485. The number of fused-ring (bicyclic) bond motifs is 3. The van der Waals surface area contributed by atoms with Crippen molar-refractivity contribution in [3.63, 3.8) is 0 Å². The highest BCUT2D eigenvalue weighted by Crippen LogP contribution is 2.62. The number of aliphatic hydroxyl groups excluding tert-OH is 1. The molecule has 0 amide bonds. The molecule has 2 aliphatic rings. The number of ether oxygens (including phenoxy) is 1. The number of carbonyl (C=O) groups excluding carboxylic acids is 1. The molecule has 2 aliphatic carbocycles. The van der Waals surface area contributed by atoms with Crippen molar-refractivity contribution in [2.45, 2.75) is 51.7 Å². The first-order valence-electron chi connectivity index (χ1n) is 11.0. The van der Waals surface area contributed by atoms with Gasteiger partial charge < -0.3 is 14.4 Å². The average Bonchev–Trinajstić information content (AvgIpc) is 3.46. The predicted molar refractivity (Wildman–Crippen MR) is 120 cm³/mol. The van der Waals surface area contributed by atoms with Crippen LogP contribution >= 0.6 is 11.6 Å². The minimum Gasteiger partial charge on any atom is -0.454 e. The molecular weight excluding hydrogens is 412 g/mol. The lowest BCUT2D eigenvalue weighted by Crippen LogP contribution is -2.30. The summed E-state index contributed by atoms with van der Waals surface area (Å²) in [7, 11) is 0. The summed E-state index contributed by atoms with van der Waals surface area (Å²) < 4.78 is 8.14. The van der Waals surface area contributed by atoms with Crippen LogP contribution in [0.1, 0.15) is 56.5 Å². The van der Waals surface area contributed by atoms with Gasteiger partial charge in [0, 0.05) is 18.2 Å². The highest BCUT2D eigenvalue weighted by Gasteiger charge is 2.58. The Morgan fingerprint density at radius 2 is 1.94 bits per heavy atom. The zero-order valence-electron chi connectivity index (χ0n) is 17.7. The maximum absolute atomic E-state index is 13.2. The van der Waals surface area contributed by atoms with Crippen LogP contribution < -0.4 is 0 Å². The molecule has 31 heavy (non-hydrogen) atoms. The van der Waals surface area contributed by atoms with E-state index >= 15 is 0 Å². The molecule has 1 unspecified atom stereocenters.